The van der Waals surface area contributed by atoms with Crippen LogP contribution in [0.3, 0.4) is 0 Å². The lowest BCUT2D eigenvalue weighted by molar-refractivity contribution is -0.0727. The summed E-state index contributed by atoms with van der Waals surface area (Å²) < 4.78 is 18.9. The van der Waals surface area contributed by atoms with E-state index in [0.29, 0.717) is 19.1 Å². The number of ether oxygens (including phenoxy) is 1. The van der Waals surface area contributed by atoms with Crippen molar-refractivity contribution >= 4 is 0 Å². The van der Waals surface area contributed by atoms with Crippen molar-refractivity contribution < 1.29 is 9.13 Å². The average Bonchev–Trinajstić information content (AvgIpc) is 2.15. The number of alkyl halides is 1. The molecule has 1 rings (SSSR count). The monoisotopic (exact) mass is 202 g/mol. The van der Waals surface area contributed by atoms with E-state index in [1.807, 2.05) is 0 Å². The first-order valence-electron chi connectivity index (χ1n) is 5.94. The Morgan fingerprint density at radius 2 is 2.14 bits per heavy atom. The molecule has 1 heterocycles. The molecule has 0 radical (unpaired) electrons. The van der Waals surface area contributed by atoms with Crippen LogP contribution < -0.4 is 0 Å². The Morgan fingerprint density at radius 3 is 2.71 bits per heavy atom. The van der Waals surface area contributed by atoms with E-state index in [9.17, 15) is 4.39 Å². The molecule has 1 nitrogen and oxygen atoms in total. The van der Waals surface area contributed by atoms with Crippen LogP contribution in [0.1, 0.15) is 58.8 Å². The zero-order valence-corrected chi connectivity index (χ0v) is 9.52. The maximum Gasteiger partial charge on any atom is 0.131 e. The van der Waals surface area contributed by atoms with Crippen LogP contribution in [0.5, 0.6) is 0 Å². The molecule has 0 saturated carbocycles. The van der Waals surface area contributed by atoms with Gasteiger partial charge in [-0.15, -0.1) is 0 Å². The Morgan fingerprint density at radius 1 is 1.36 bits per heavy atom. The molecule has 14 heavy (non-hydrogen) atoms. The normalized spacial score (nSPS) is 33.2. The third kappa shape index (κ3) is 4.41. The summed E-state index contributed by atoms with van der Waals surface area (Å²) in [5, 5.41) is 0. The molecule has 0 aliphatic carbocycles. The van der Waals surface area contributed by atoms with Crippen molar-refractivity contribution in [1.29, 1.82) is 0 Å². The first-order chi connectivity index (χ1) is 6.64. The fourth-order valence-electron chi connectivity index (χ4n) is 1.94. The molecule has 1 aliphatic heterocycles. The van der Waals surface area contributed by atoms with E-state index in [1.165, 1.54) is 25.7 Å². The van der Waals surface area contributed by atoms with Gasteiger partial charge in [-0.05, 0) is 26.2 Å². The zero-order valence-electron chi connectivity index (χ0n) is 9.52. The van der Waals surface area contributed by atoms with Crippen LogP contribution >= 0.6 is 0 Å². The molecule has 2 atom stereocenters. The van der Waals surface area contributed by atoms with E-state index in [0.717, 1.165) is 12.8 Å². The van der Waals surface area contributed by atoms with Crippen LogP contribution in [0, 0.1) is 0 Å². The Hall–Kier alpha value is -0.110. The highest BCUT2D eigenvalue weighted by molar-refractivity contribution is 4.80. The topological polar surface area (TPSA) is 9.23 Å². The number of rotatable bonds is 5. The van der Waals surface area contributed by atoms with Gasteiger partial charge in [-0.1, -0.05) is 32.6 Å². The van der Waals surface area contributed by atoms with Crippen LogP contribution in [-0.2, 0) is 4.74 Å². The van der Waals surface area contributed by atoms with Crippen LogP contribution in [-0.4, -0.2) is 18.4 Å². The van der Waals surface area contributed by atoms with Gasteiger partial charge in [-0.25, -0.2) is 4.39 Å². The second-order valence-corrected chi connectivity index (χ2v) is 4.73. The predicted molar refractivity (Wildman–Crippen MR) is 57.2 cm³/mol. The lowest BCUT2D eigenvalue weighted by Crippen LogP contribution is -2.35. The smallest absolute Gasteiger partial charge is 0.131 e. The number of unbranched alkanes of at least 4 members (excludes halogenated alkanes) is 3. The van der Waals surface area contributed by atoms with E-state index in [1.54, 1.807) is 6.92 Å². The van der Waals surface area contributed by atoms with Gasteiger partial charge in [0.25, 0.3) is 0 Å². The molecule has 0 bridgehead atoms. The largest absolute Gasteiger partial charge is 0.375 e. The van der Waals surface area contributed by atoms with Crippen molar-refractivity contribution in [2.24, 2.45) is 0 Å². The average molecular weight is 202 g/mol. The van der Waals surface area contributed by atoms with Crippen molar-refractivity contribution in [2.45, 2.75) is 70.6 Å². The third-order valence-corrected chi connectivity index (χ3v) is 2.99. The number of hydrogen-bond donors (Lipinski definition) is 0. The van der Waals surface area contributed by atoms with Crippen molar-refractivity contribution in [2.75, 3.05) is 6.61 Å². The fourth-order valence-corrected chi connectivity index (χ4v) is 1.94. The Kier molecular flexibility index (Phi) is 4.86. The molecule has 0 spiro atoms. The van der Waals surface area contributed by atoms with Crippen molar-refractivity contribution in [3.8, 4) is 0 Å². The molecule has 0 aromatic carbocycles. The summed E-state index contributed by atoms with van der Waals surface area (Å²) in [5.41, 5.74) is -1.07. The Balaban J connectivity index is 2.04. The highest BCUT2D eigenvalue weighted by atomic mass is 19.1. The molecule has 0 aromatic rings. The fraction of sp³-hybridized carbons (Fsp3) is 1.00. The Labute approximate surface area is 87.0 Å². The summed E-state index contributed by atoms with van der Waals surface area (Å²) in [7, 11) is 0. The SMILES string of the molecule is CCCCCC[C@@H]1CC[C@@](C)(F)CO1. The maximum atomic E-state index is 13.4. The molecule has 0 aromatic heterocycles. The third-order valence-electron chi connectivity index (χ3n) is 2.99. The molecule has 1 saturated heterocycles. The van der Waals surface area contributed by atoms with Crippen molar-refractivity contribution in [3.63, 3.8) is 0 Å². The molecule has 0 unspecified atom stereocenters. The molecular formula is C12H23FO. The molecule has 0 N–H and O–H groups in total. The van der Waals surface area contributed by atoms with Crippen molar-refractivity contribution in [3.05, 3.63) is 0 Å². The van der Waals surface area contributed by atoms with Crippen molar-refractivity contribution in [1.82, 2.24) is 0 Å². The van der Waals surface area contributed by atoms with E-state index in [-0.39, 0.29) is 0 Å². The lowest BCUT2D eigenvalue weighted by atomic mass is 9.95. The minimum atomic E-state index is -1.07. The summed E-state index contributed by atoms with van der Waals surface area (Å²) in [6.45, 7) is 4.15. The first-order valence-corrected chi connectivity index (χ1v) is 5.94. The number of hydrogen-bond acceptors (Lipinski definition) is 1. The molecule has 1 aliphatic rings. The number of halogens is 1. The van der Waals surface area contributed by atoms with Gasteiger partial charge in [-0.3, -0.25) is 0 Å². The van der Waals surface area contributed by atoms with Crippen LogP contribution in [0.25, 0.3) is 0 Å². The highest BCUT2D eigenvalue weighted by Crippen LogP contribution is 2.28. The van der Waals surface area contributed by atoms with Gasteiger partial charge in [0.05, 0.1) is 12.7 Å². The van der Waals surface area contributed by atoms with Gasteiger partial charge in [0.1, 0.15) is 5.67 Å². The summed E-state index contributed by atoms with van der Waals surface area (Å²) >= 11 is 0. The van der Waals surface area contributed by atoms with E-state index in [2.05, 4.69) is 6.92 Å². The summed E-state index contributed by atoms with van der Waals surface area (Å²) in [4.78, 5) is 0. The molecule has 1 fully saturated rings. The van der Waals surface area contributed by atoms with E-state index in [4.69, 9.17) is 4.74 Å². The van der Waals surface area contributed by atoms with Gasteiger partial charge >= 0.3 is 0 Å². The minimum absolute atomic E-state index is 0.297. The van der Waals surface area contributed by atoms with E-state index < -0.39 is 5.67 Å². The first kappa shape index (κ1) is 12.0. The lowest BCUT2D eigenvalue weighted by Gasteiger charge is -2.31. The summed E-state index contributed by atoms with van der Waals surface area (Å²) in [6, 6.07) is 0. The van der Waals surface area contributed by atoms with Gasteiger partial charge < -0.3 is 4.74 Å². The molecule has 84 valence electrons. The van der Waals surface area contributed by atoms with Gasteiger partial charge in [0.15, 0.2) is 0 Å². The van der Waals surface area contributed by atoms with Gasteiger partial charge in [0, 0.05) is 0 Å². The predicted octanol–water partition coefficient (Wildman–Crippen LogP) is 3.86. The van der Waals surface area contributed by atoms with Crippen LogP contribution in [0.4, 0.5) is 4.39 Å². The summed E-state index contributed by atoms with van der Waals surface area (Å²) in [5.74, 6) is 0. The Bertz CT molecular complexity index is 146. The van der Waals surface area contributed by atoms with Crippen LogP contribution in [0.15, 0.2) is 0 Å². The molecular weight excluding hydrogens is 179 g/mol. The van der Waals surface area contributed by atoms with Crippen LogP contribution in [0.2, 0.25) is 0 Å². The van der Waals surface area contributed by atoms with Gasteiger partial charge in [-0.2, -0.15) is 0 Å². The quantitative estimate of drug-likeness (QED) is 0.615. The van der Waals surface area contributed by atoms with Gasteiger partial charge in [0.2, 0.25) is 0 Å². The highest BCUT2D eigenvalue weighted by Gasteiger charge is 2.30. The standard InChI is InChI=1S/C12H23FO/c1-3-4-5-6-7-11-8-9-12(2,13)10-14-11/h11H,3-10H2,1-2H3/t11-,12-/m1/s1. The van der Waals surface area contributed by atoms with E-state index >= 15 is 0 Å². The maximum absolute atomic E-state index is 13.4. The second-order valence-electron chi connectivity index (χ2n) is 4.73. The minimum Gasteiger partial charge on any atom is -0.375 e. The molecule has 2 heteroatoms. The second kappa shape index (κ2) is 5.69. The molecule has 0 amide bonds. The summed E-state index contributed by atoms with van der Waals surface area (Å²) in [6.07, 6.45) is 8.14. The zero-order chi connectivity index (χ0) is 10.4.